The minimum absolute atomic E-state index is 0.176. The number of hydrogen-bond acceptors (Lipinski definition) is 2. The molecule has 2 heteroatoms. The summed E-state index contributed by atoms with van der Waals surface area (Å²) in [6.07, 6.45) is 0.863. The van der Waals surface area contributed by atoms with Crippen LogP contribution < -0.4 is 9.47 Å². The third-order valence-corrected chi connectivity index (χ3v) is 4.27. The SMILES string of the molecule is CC(C)(C)c1ccc(OCCCOc2ccc(C(C)(C)C)cc2)cc1. The van der Waals surface area contributed by atoms with Crippen LogP contribution in [-0.2, 0) is 10.8 Å². The molecule has 2 aromatic carbocycles. The largest absolute Gasteiger partial charge is 0.493 e. The molecule has 2 aromatic rings. The Bertz CT molecular complexity index is 581. The Labute approximate surface area is 153 Å². The molecule has 0 aromatic heterocycles. The Morgan fingerprint density at radius 2 is 0.880 bits per heavy atom. The molecular formula is C23H32O2. The van der Waals surface area contributed by atoms with Gasteiger partial charge in [0.25, 0.3) is 0 Å². The second kappa shape index (κ2) is 7.95. The van der Waals surface area contributed by atoms with E-state index in [9.17, 15) is 0 Å². The zero-order chi connectivity index (χ0) is 18.5. The van der Waals surface area contributed by atoms with E-state index in [1.807, 2.05) is 24.3 Å². The molecule has 2 nitrogen and oxygen atoms in total. The summed E-state index contributed by atoms with van der Waals surface area (Å²) in [5.41, 5.74) is 2.99. The molecule has 0 radical (unpaired) electrons. The lowest BCUT2D eigenvalue weighted by Gasteiger charge is -2.19. The van der Waals surface area contributed by atoms with Crippen molar-refractivity contribution in [2.75, 3.05) is 13.2 Å². The van der Waals surface area contributed by atoms with Gasteiger partial charge in [0, 0.05) is 6.42 Å². The second-order valence-corrected chi connectivity index (χ2v) is 8.60. The summed E-state index contributed by atoms with van der Waals surface area (Å²) in [5.74, 6) is 1.84. The quantitative estimate of drug-likeness (QED) is 0.589. The molecule has 25 heavy (non-hydrogen) atoms. The Balaban J connectivity index is 1.71. The minimum Gasteiger partial charge on any atom is -0.493 e. The first kappa shape index (κ1) is 19.4. The summed E-state index contributed by atoms with van der Waals surface area (Å²) in [6.45, 7) is 14.6. The molecule has 0 unspecified atom stereocenters. The molecule has 0 N–H and O–H groups in total. The number of hydrogen-bond donors (Lipinski definition) is 0. The molecule has 0 aliphatic heterocycles. The van der Waals surface area contributed by atoms with Crippen LogP contribution in [-0.4, -0.2) is 13.2 Å². The van der Waals surface area contributed by atoms with Crippen molar-refractivity contribution in [3.63, 3.8) is 0 Å². The van der Waals surface area contributed by atoms with Crippen molar-refractivity contribution in [3.05, 3.63) is 59.7 Å². The molecule has 2 rings (SSSR count). The molecule has 136 valence electrons. The van der Waals surface area contributed by atoms with Crippen LogP contribution in [0.1, 0.15) is 59.1 Å². The van der Waals surface area contributed by atoms with Gasteiger partial charge in [-0.3, -0.25) is 0 Å². The zero-order valence-electron chi connectivity index (χ0n) is 16.6. The highest BCUT2D eigenvalue weighted by Gasteiger charge is 2.13. The van der Waals surface area contributed by atoms with E-state index in [4.69, 9.17) is 9.47 Å². The zero-order valence-corrected chi connectivity index (χ0v) is 16.6. The van der Waals surface area contributed by atoms with Gasteiger partial charge in [-0.25, -0.2) is 0 Å². The van der Waals surface area contributed by atoms with E-state index >= 15 is 0 Å². The number of ether oxygens (including phenoxy) is 2. The fourth-order valence-corrected chi connectivity index (χ4v) is 2.54. The van der Waals surface area contributed by atoms with Crippen molar-refractivity contribution in [1.82, 2.24) is 0 Å². The van der Waals surface area contributed by atoms with Crippen LogP contribution in [0.25, 0.3) is 0 Å². The van der Waals surface area contributed by atoms with E-state index in [1.54, 1.807) is 0 Å². The number of rotatable bonds is 6. The van der Waals surface area contributed by atoms with E-state index in [0.717, 1.165) is 17.9 Å². The summed E-state index contributed by atoms with van der Waals surface area (Å²) >= 11 is 0. The molecular weight excluding hydrogens is 308 g/mol. The normalized spacial score (nSPS) is 12.1. The lowest BCUT2D eigenvalue weighted by molar-refractivity contribution is 0.247. The van der Waals surface area contributed by atoms with Crippen LogP contribution in [0.3, 0.4) is 0 Å². The Morgan fingerprint density at radius 1 is 0.560 bits per heavy atom. The van der Waals surface area contributed by atoms with Crippen molar-refractivity contribution < 1.29 is 9.47 Å². The molecule has 0 saturated carbocycles. The van der Waals surface area contributed by atoms with Gasteiger partial charge in [0.1, 0.15) is 11.5 Å². The van der Waals surface area contributed by atoms with Gasteiger partial charge >= 0.3 is 0 Å². The average Bonchev–Trinajstić information content (AvgIpc) is 2.54. The van der Waals surface area contributed by atoms with Crippen molar-refractivity contribution in [2.24, 2.45) is 0 Å². The van der Waals surface area contributed by atoms with Crippen molar-refractivity contribution in [1.29, 1.82) is 0 Å². The summed E-state index contributed by atoms with van der Waals surface area (Å²) in [6, 6.07) is 16.8. The van der Waals surface area contributed by atoms with Gasteiger partial charge in [0.2, 0.25) is 0 Å². The van der Waals surface area contributed by atoms with E-state index in [0.29, 0.717) is 13.2 Å². The van der Waals surface area contributed by atoms with Gasteiger partial charge in [0.15, 0.2) is 0 Å². The minimum atomic E-state index is 0.176. The maximum atomic E-state index is 5.80. The molecule has 0 fully saturated rings. The third kappa shape index (κ3) is 6.12. The monoisotopic (exact) mass is 340 g/mol. The molecule has 0 atom stereocenters. The van der Waals surface area contributed by atoms with Gasteiger partial charge in [-0.15, -0.1) is 0 Å². The van der Waals surface area contributed by atoms with Crippen LogP contribution in [0.15, 0.2) is 48.5 Å². The molecule has 0 bridgehead atoms. The number of benzene rings is 2. The summed E-state index contributed by atoms with van der Waals surface area (Å²) in [5, 5.41) is 0. The lowest BCUT2D eigenvalue weighted by Crippen LogP contribution is -2.11. The third-order valence-electron chi connectivity index (χ3n) is 4.27. The van der Waals surface area contributed by atoms with Crippen LogP contribution in [0.2, 0.25) is 0 Å². The Morgan fingerprint density at radius 3 is 1.16 bits per heavy atom. The van der Waals surface area contributed by atoms with Crippen LogP contribution in [0.5, 0.6) is 11.5 Å². The van der Waals surface area contributed by atoms with Crippen molar-refractivity contribution >= 4 is 0 Å². The summed E-state index contributed by atoms with van der Waals surface area (Å²) in [4.78, 5) is 0. The first-order valence-electron chi connectivity index (χ1n) is 9.13. The fraction of sp³-hybridized carbons (Fsp3) is 0.478. The molecule has 0 aliphatic rings. The Hall–Kier alpha value is -1.96. The summed E-state index contributed by atoms with van der Waals surface area (Å²) < 4.78 is 11.6. The van der Waals surface area contributed by atoms with Gasteiger partial charge in [-0.2, -0.15) is 0 Å². The van der Waals surface area contributed by atoms with Gasteiger partial charge in [-0.05, 0) is 46.2 Å². The molecule has 0 saturated heterocycles. The van der Waals surface area contributed by atoms with Gasteiger partial charge in [-0.1, -0.05) is 65.8 Å². The Kier molecular flexibility index (Phi) is 6.16. The van der Waals surface area contributed by atoms with Crippen molar-refractivity contribution in [3.8, 4) is 11.5 Å². The highest BCUT2D eigenvalue weighted by molar-refractivity contribution is 5.32. The molecule has 0 amide bonds. The standard InChI is InChI=1S/C23H32O2/c1-22(2,3)18-8-12-20(13-9-18)24-16-7-17-25-21-14-10-19(11-15-21)23(4,5)6/h8-15H,7,16-17H2,1-6H3. The smallest absolute Gasteiger partial charge is 0.119 e. The van der Waals surface area contributed by atoms with E-state index < -0.39 is 0 Å². The first-order valence-corrected chi connectivity index (χ1v) is 9.13. The van der Waals surface area contributed by atoms with E-state index in [1.165, 1.54) is 11.1 Å². The highest BCUT2D eigenvalue weighted by atomic mass is 16.5. The maximum Gasteiger partial charge on any atom is 0.119 e. The van der Waals surface area contributed by atoms with Crippen LogP contribution in [0.4, 0.5) is 0 Å². The van der Waals surface area contributed by atoms with Crippen LogP contribution in [0, 0.1) is 0 Å². The first-order chi connectivity index (χ1) is 11.7. The van der Waals surface area contributed by atoms with E-state index in [2.05, 4.69) is 65.8 Å². The van der Waals surface area contributed by atoms with Gasteiger partial charge < -0.3 is 9.47 Å². The lowest BCUT2D eigenvalue weighted by atomic mass is 9.87. The molecule has 0 spiro atoms. The average molecular weight is 341 g/mol. The summed E-state index contributed by atoms with van der Waals surface area (Å²) in [7, 11) is 0. The highest BCUT2D eigenvalue weighted by Crippen LogP contribution is 2.25. The fourth-order valence-electron chi connectivity index (χ4n) is 2.54. The molecule has 0 heterocycles. The molecule has 0 aliphatic carbocycles. The van der Waals surface area contributed by atoms with Crippen LogP contribution >= 0.6 is 0 Å². The predicted molar refractivity (Wildman–Crippen MR) is 106 cm³/mol. The second-order valence-electron chi connectivity index (χ2n) is 8.60. The maximum absolute atomic E-state index is 5.80. The predicted octanol–water partition coefficient (Wildman–Crippen LogP) is 6.13. The van der Waals surface area contributed by atoms with Gasteiger partial charge in [0.05, 0.1) is 13.2 Å². The van der Waals surface area contributed by atoms with E-state index in [-0.39, 0.29) is 10.8 Å². The van der Waals surface area contributed by atoms with Crippen molar-refractivity contribution in [2.45, 2.75) is 58.8 Å². The topological polar surface area (TPSA) is 18.5 Å².